The van der Waals surface area contributed by atoms with E-state index in [1.54, 1.807) is 13.2 Å². The van der Waals surface area contributed by atoms with E-state index in [2.05, 4.69) is 21.2 Å². The van der Waals surface area contributed by atoms with E-state index in [-0.39, 0.29) is 5.56 Å². The number of nitrogens with one attached hydrogen (secondary N) is 1. The van der Waals surface area contributed by atoms with Gasteiger partial charge in [0.1, 0.15) is 5.75 Å². The highest BCUT2D eigenvalue weighted by atomic mass is 79.9. The Balaban J connectivity index is 2.10. The number of halogens is 3. The number of methoxy groups -OCH3 is 1. The first-order valence-electron chi connectivity index (χ1n) is 6.04. The van der Waals surface area contributed by atoms with Crippen molar-refractivity contribution in [1.29, 1.82) is 0 Å². The average Bonchev–Trinajstić information content (AvgIpc) is 2.46. The van der Waals surface area contributed by atoms with Gasteiger partial charge in [-0.1, -0.05) is 18.2 Å². The summed E-state index contributed by atoms with van der Waals surface area (Å²) in [5.41, 5.74) is 1.69. The minimum Gasteiger partial charge on any atom is -0.497 e. The molecule has 106 valence electrons. The van der Waals surface area contributed by atoms with E-state index < -0.39 is 6.43 Å². The molecule has 0 atom stereocenters. The highest BCUT2D eigenvalue weighted by Gasteiger charge is 2.07. The van der Waals surface area contributed by atoms with Gasteiger partial charge in [-0.3, -0.25) is 0 Å². The summed E-state index contributed by atoms with van der Waals surface area (Å²) in [6, 6.07) is 11.9. The number of benzene rings is 2. The Kier molecular flexibility index (Phi) is 4.95. The van der Waals surface area contributed by atoms with Crippen LogP contribution in [0.25, 0.3) is 0 Å². The molecule has 0 saturated heterocycles. The first-order chi connectivity index (χ1) is 9.60. The van der Waals surface area contributed by atoms with Crippen molar-refractivity contribution in [1.82, 2.24) is 0 Å². The second-order valence-electron chi connectivity index (χ2n) is 4.25. The van der Waals surface area contributed by atoms with Crippen molar-refractivity contribution in [3.8, 4) is 5.75 Å². The highest BCUT2D eigenvalue weighted by molar-refractivity contribution is 9.10. The molecule has 0 bridgehead atoms. The second kappa shape index (κ2) is 6.70. The molecule has 0 saturated carbocycles. The summed E-state index contributed by atoms with van der Waals surface area (Å²) in [5, 5.41) is 3.20. The summed E-state index contributed by atoms with van der Waals surface area (Å²) in [6.45, 7) is 0.465. The average molecular weight is 342 g/mol. The topological polar surface area (TPSA) is 21.3 Å². The van der Waals surface area contributed by atoms with E-state index in [1.807, 2.05) is 24.3 Å². The third-order valence-electron chi connectivity index (χ3n) is 2.86. The van der Waals surface area contributed by atoms with Gasteiger partial charge in [-0.05, 0) is 39.7 Å². The first kappa shape index (κ1) is 14.8. The van der Waals surface area contributed by atoms with Crippen molar-refractivity contribution < 1.29 is 13.5 Å². The zero-order valence-electron chi connectivity index (χ0n) is 10.9. The van der Waals surface area contributed by atoms with Crippen molar-refractivity contribution >= 4 is 21.6 Å². The predicted molar refractivity (Wildman–Crippen MR) is 79.4 cm³/mol. The molecule has 0 spiro atoms. The Morgan fingerprint density at radius 3 is 2.70 bits per heavy atom. The zero-order valence-corrected chi connectivity index (χ0v) is 12.5. The summed E-state index contributed by atoms with van der Waals surface area (Å²) >= 11 is 3.43. The normalized spacial score (nSPS) is 10.7. The van der Waals surface area contributed by atoms with Gasteiger partial charge in [-0.15, -0.1) is 0 Å². The number of alkyl halides is 2. The van der Waals surface area contributed by atoms with Crippen molar-refractivity contribution in [2.75, 3.05) is 12.4 Å². The monoisotopic (exact) mass is 341 g/mol. The molecule has 0 amide bonds. The Morgan fingerprint density at radius 1 is 1.20 bits per heavy atom. The van der Waals surface area contributed by atoms with Gasteiger partial charge in [0.25, 0.3) is 6.43 Å². The number of ether oxygens (including phenoxy) is 1. The van der Waals surface area contributed by atoms with Gasteiger partial charge in [-0.2, -0.15) is 0 Å². The molecule has 0 fully saturated rings. The quantitative estimate of drug-likeness (QED) is 0.825. The molecule has 0 aliphatic heterocycles. The maximum absolute atomic E-state index is 12.6. The van der Waals surface area contributed by atoms with Gasteiger partial charge in [0, 0.05) is 22.6 Å². The molecule has 2 aromatic rings. The lowest BCUT2D eigenvalue weighted by molar-refractivity contribution is 0.151. The molecule has 2 rings (SSSR count). The summed E-state index contributed by atoms with van der Waals surface area (Å²) in [6.07, 6.45) is -2.45. The lowest BCUT2D eigenvalue weighted by atomic mass is 10.1. The molecule has 0 unspecified atom stereocenters. The van der Waals surface area contributed by atoms with E-state index >= 15 is 0 Å². The van der Waals surface area contributed by atoms with Crippen molar-refractivity contribution in [3.63, 3.8) is 0 Å². The predicted octanol–water partition coefficient (Wildman–Crippen LogP) is 5.01. The lowest BCUT2D eigenvalue weighted by Gasteiger charge is -2.11. The van der Waals surface area contributed by atoms with E-state index in [0.717, 1.165) is 21.5 Å². The number of hydrogen-bond acceptors (Lipinski definition) is 2. The van der Waals surface area contributed by atoms with E-state index in [1.165, 1.54) is 12.1 Å². The smallest absolute Gasteiger partial charge is 0.263 e. The maximum atomic E-state index is 12.6. The fourth-order valence-corrected chi connectivity index (χ4v) is 2.19. The van der Waals surface area contributed by atoms with Crippen LogP contribution in [0.2, 0.25) is 0 Å². The third kappa shape index (κ3) is 3.70. The van der Waals surface area contributed by atoms with E-state index in [9.17, 15) is 8.78 Å². The molecular weight excluding hydrogens is 328 g/mol. The molecule has 1 N–H and O–H groups in total. The first-order valence-corrected chi connectivity index (χ1v) is 6.84. The van der Waals surface area contributed by atoms with Crippen LogP contribution in [0.15, 0.2) is 46.9 Å². The van der Waals surface area contributed by atoms with Crippen LogP contribution in [0.4, 0.5) is 14.5 Å². The molecule has 2 aromatic carbocycles. The molecule has 0 heterocycles. The molecule has 0 aliphatic carbocycles. The Hall–Kier alpha value is -1.62. The van der Waals surface area contributed by atoms with Gasteiger partial charge in [0.15, 0.2) is 0 Å². The minimum absolute atomic E-state index is 0.0361. The van der Waals surface area contributed by atoms with Crippen LogP contribution >= 0.6 is 15.9 Å². The van der Waals surface area contributed by atoms with Crippen LogP contribution < -0.4 is 10.1 Å². The van der Waals surface area contributed by atoms with Crippen LogP contribution in [0, 0.1) is 0 Å². The molecule has 0 radical (unpaired) electrons. The molecule has 5 heteroatoms. The Labute approximate surface area is 124 Å². The van der Waals surface area contributed by atoms with Crippen molar-refractivity contribution in [2.45, 2.75) is 13.0 Å². The molecule has 0 aliphatic rings. The van der Waals surface area contributed by atoms with E-state index in [4.69, 9.17) is 4.74 Å². The van der Waals surface area contributed by atoms with Crippen molar-refractivity contribution in [2.24, 2.45) is 0 Å². The summed E-state index contributed by atoms with van der Waals surface area (Å²) in [5.74, 6) is 0.733. The van der Waals surface area contributed by atoms with Crippen LogP contribution in [-0.2, 0) is 6.54 Å². The summed E-state index contributed by atoms with van der Waals surface area (Å²) in [4.78, 5) is 0. The Morgan fingerprint density at radius 2 is 2.00 bits per heavy atom. The summed E-state index contributed by atoms with van der Waals surface area (Å²) in [7, 11) is 1.60. The highest BCUT2D eigenvalue weighted by Crippen LogP contribution is 2.28. The van der Waals surface area contributed by atoms with Gasteiger partial charge in [0.05, 0.1) is 12.8 Å². The van der Waals surface area contributed by atoms with Crippen LogP contribution in [-0.4, -0.2) is 7.11 Å². The minimum atomic E-state index is -2.45. The summed E-state index contributed by atoms with van der Waals surface area (Å²) < 4.78 is 31.3. The van der Waals surface area contributed by atoms with Crippen molar-refractivity contribution in [3.05, 3.63) is 58.1 Å². The third-order valence-corrected chi connectivity index (χ3v) is 3.55. The van der Waals surface area contributed by atoms with Crippen LogP contribution in [0.5, 0.6) is 5.75 Å². The van der Waals surface area contributed by atoms with Gasteiger partial charge in [0.2, 0.25) is 0 Å². The number of anilines is 1. The fraction of sp³-hybridized carbons (Fsp3) is 0.200. The van der Waals surface area contributed by atoms with Gasteiger partial charge in [-0.25, -0.2) is 8.78 Å². The second-order valence-corrected chi connectivity index (χ2v) is 5.10. The SMILES string of the molecule is COc1ccc(Br)c(NCc2cccc(C(F)F)c2)c1. The Bertz CT molecular complexity index is 590. The zero-order chi connectivity index (χ0) is 14.5. The largest absolute Gasteiger partial charge is 0.497 e. The maximum Gasteiger partial charge on any atom is 0.263 e. The molecule has 20 heavy (non-hydrogen) atoms. The standard InChI is InChI=1S/C15H14BrF2NO/c1-20-12-5-6-13(16)14(8-12)19-9-10-3-2-4-11(7-10)15(17)18/h2-8,15,19H,9H2,1H3. The lowest BCUT2D eigenvalue weighted by Crippen LogP contribution is -2.01. The van der Waals surface area contributed by atoms with Gasteiger partial charge < -0.3 is 10.1 Å². The fourth-order valence-electron chi connectivity index (χ4n) is 1.80. The van der Waals surface area contributed by atoms with Crippen LogP contribution in [0.1, 0.15) is 17.6 Å². The molecule has 2 nitrogen and oxygen atoms in total. The number of rotatable bonds is 5. The van der Waals surface area contributed by atoms with Crippen LogP contribution in [0.3, 0.4) is 0 Å². The molecular formula is C15H14BrF2NO. The van der Waals surface area contributed by atoms with E-state index in [0.29, 0.717) is 6.54 Å². The van der Waals surface area contributed by atoms with Gasteiger partial charge >= 0.3 is 0 Å². The molecule has 0 aromatic heterocycles. The number of hydrogen-bond donors (Lipinski definition) is 1.